The smallest absolute Gasteiger partial charge is 0.382 e. The third-order valence-electron chi connectivity index (χ3n) is 2.55. The number of aryl methyl sites for hydroxylation is 1. The van der Waals surface area contributed by atoms with Crippen LogP contribution in [0, 0.1) is 12.7 Å². The van der Waals surface area contributed by atoms with E-state index < -0.39 is 41.4 Å². The van der Waals surface area contributed by atoms with E-state index in [1.165, 1.54) is 6.92 Å². The molecule has 136 valence electrons. The number of rotatable bonds is 4. The van der Waals surface area contributed by atoms with Crippen molar-refractivity contribution in [1.82, 2.24) is 0 Å². The molecule has 0 aliphatic carbocycles. The van der Waals surface area contributed by atoms with Crippen LogP contribution in [-0.4, -0.2) is 29.9 Å². The molecule has 1 aromatic carbocycles. The first-order valence-corrected chi connectivity index (χ1v) is 6.92. The summed E-state index contributed by atoms with van der Waals surface area (Å²) < 4.78 is 113. The minimum atomic E-state index is -6.05. The van der Waals surface area contributed by atoms with Crippen molar-refractivity contribution in [3.05, 3.63) is 23.5 Å². The highest BCUT2D eigenvalue weighted by atomic mass is 32.2. The molecule has 2 N–H and O–H groups in total. The number of alkyl halides is 8. The Kier molecular flexibility index (Phi) is 5.73. The van der Waals surface area contributed by atoms with Crippen molar-refractivity contribution >= 4 is 23.3 Å². The fraction of sp³-hybridized carbons (Fsp3) is 0.417. The maximum Gasteiger partial charge on any atom is 0.461 e. The van der Waals surface area contributed by atoms with Crippen LogP contribution in [-0.2, 0) is 0 Å². The lowest BCUT2D eigenvalue weighted by atomic mass is 10.2. The van der Waals surface area contributed by atoms with Gasteiger partial charge in [0.1, 0.15) is 11.5 Å². The summed E-state index contributed by atoms with van der Waals surface area (Å²) in [4.78, 5) is 2.51. The van der Waals surface area contributed by atoms with Gasteiger partial charge in [-0.05, 0) is 24.6 Å². The normalized spacial score (nSPS) is 14.2. The highest BCUT2D eigenvalue weighted by Crippen LogP contribution is 2.37. The van der Waals surface area contributed by atoms with E-state index in [4.69, 9.17) is 0 Å². The second kappa shape index (κ2) is 6.73. The third-order valence-corrected chi connectivity index (χ3v) is 3.78. The van der Waals surface area contributed by atoms with Crippen LogP contribution in [0.3, 0.4) is 0 Å². The van der Waals surface area contributed by atoms with Crippen LogP contribution in [0.4, 0.5) is 45.2 Å². The van der Waals surface area contributed by atoms with Gasteiger partial charge in [0.2, 0.25) is 0 Å². The second-order valence-electron chi connectivity index (χ2n) is 4.54. The number of benzene rings is 1. The highest BCUT2D eigenvalue weighted by molar-refractivity contribution is 7.99. The van der Waals surface area contributed by atoms with E-state index in [-0.39, 0.29) is 22.2 Å². The van der Waals surface area contributed by atoms with Gasteiger partial charge in [-0.3, -0.25) is 0 Å². The van der Waals surface area contributed by atoms with Crippen molar-refractivity contribution in [2.24, 2.45) is 10.7 Å². The number of nitrogens with zero attached hydrogens (tertiary/aromatic N) is 1. The standard InChI is InChI=1S/C12H9F9N2S/c1-5-2-6(13)7(3-8(5)24-4-10(14,15)16)23-9(22)11(17,18)12(19,20)21/h2-3H,4H2,1H3,(H2,22,23). The molecule has 0 radical (unpaired) electrons. The van der Waals surface area contributed by atoms with Gasteiger partial charge >= 0.3 is 18.3 Å². The van der Waals surface area contributed by atoms with Crippen molar-refractivity contribution in [1.29, 1.82) is 0 Å². The minimum Gasteiger partial charge on any atom is -0.382 e. The summed E-state index contributed by atoms with van der Waals surface area (Å²) in [7, 11) is 0. The summed E-state index contributed by atoms with van der Waals surface area (Å²) in [5, 5.41) is 0. The molecule has 0 bridgehead atoms. The first-order valence-electron chi connectivity index (χ1n) is 5.94. The number of thioether (sulfide) groups is 1. The van der Waals surface area contributed by atoms with Crippen LogP contribution in [0.1, 0.15) is 5.56 Å². The van der Waals surface area contributed by atoms with E-state index >= 15 is 0 Å². The molecular formula is C12H9F9N2S. The quantitative estimate of drug-likeness (QED) is 0.344. The molecule has 0 saturated heterocycles. The summed E-state index contributed by atoms with van der Waals surface area (Å²) in [5.74, 6) is -10.4. The van der Waals surface area contributed by atoms with Gasteiger partial charge in [-0.15, -0.1) is 11.8 Å². The zero-order valence-electron chi connectivity index (χ0n) is 11.7. The molecule has 0 fully saturated rings. The molecular weight excluding hydrogens is 375 g/mol. The van der Waals surface area contributed by atoms with Crippen molar-refractivity contribution in [2.45, 2.75) is 30.1 Å². The fourth-order valence-corrected chi connectivity index (χ4v) is 2.19. The summed E-state index contributed by atoms with van der Waals surface area (Å²) in [6.45, 7) is 1.24. The lowest BCUT2D eigenvalue weighted by Gasteiger charge is -2.18. The van der Waals surface area contributed by atoms with E-state index in [0.717, 1.165) is 0 Å². The first kappa shape index (κ1) is 20.5. The third kappa shape index (κ3) is 4.95. The molecule has 0 aliphatic heterocycles. The van der Waals surface area contributed by atoms with Gasteiger partial charge in [0.25, 0.3) is 0 Å². The zero-order chi connectivity index (χ0) is 18.9. The Morgan fingerprint density at radius 1 is 1.08 bits per heavy atom. The van der Waals surface area contributed by atoms with Crippen LogP contribution < -0.4 is 5.73 Å². The molecule has 1 rings (SSSR count). The molecule has 0 heterocycles. The molecule has 0 amide bonds. The van der Waals surface area contributed by atoms with Crippen molar-refractivity contribution < 1.29 is 39.5 Å². The maximum atomic E-state index is 13.6. The predicted octanol–water partition coefficient (Wildman–Crippen LogP) is 4.97. The predicted molar refractivity (Wildman–Crippen MR) is 70.2 cm³/mol. The lowest BCUT2D eigenvalue weighted by Crippen LogP contribution is -2.48. The van der Waals surface area contributed by atoms with Gasteiger partial charge in [-0.1, -0.05) is 0 Å². The Balaban J connectivity index is 3.23. The van der Waals surface area contributed by atoms with Gasteiger partial charge in [0.05, 0.1) is 5.75 Å². The Morgan fingerprint density at radius 2 is 1.62 bits per heavy atom. The largest absolute Gasteiger partial charge is 0.461 e. The second-order valence-corrected chi connectivity index (χ2v) is 5.56. The Morgan fingerprint density at radius 3 is 2.08 bits per heavy atom. The van der Waals surface area contributed by atoms with Crippen LogP contribution in [0.25, 0.3) is 0 Å². The van der Waals surface area contributed by atoms with Crippen molar-refractivity contribution in [3.63, 3.8) is 0 Å². The van der Waals surface area contributed by atoms with Crippen LogP contribution >= 0.6 is 11.8 Å². The fourth-order valence-electron chi connectivity index (χ4n) is 1.39. The Bertz CT molecular complexity index is 635. The van der Waals surface area contributed by atoms with Crippen LogP contribution in [0.15, 0.2) is 22.0 Å². The number of nitrogens with two attached hydrogens (primary N) is 1. The molecule has 0 saturated carbocycles. The molecule has 0 unspecified atom stereocenters. The summed E-state index contributed by atoms with van der Waals surface area (Å²) in [5.41, 5.74) is 3.60. The summed E-state index contributed by atoms with van der Waals surface area (Å²) >= 11 is 0.206. The first-order chi connectivity index (χ1) is 10.6. The number of amidine groups is 1. The molecule has 0 aliphatic rings. The monoisotopic (exact) mass is 384 g/mol. The zero-order valence-corrected chi connectivity index (χ0v) is 12.5. The molecule has 12 heteroatoms. The van der Waals surface area contributed by atoms with Gasteiger partial charge in [0.15, 0.2) is 5.84 Å². The number of halogens is 9. The lowest BCUT2D eigenvalue weighted by molar-refractivity contribution is -0.249. The van der Waals surface area contributed by atoms with E-state index in [9.17, 15) is 39.5 Å². The number of hydrogen-bond acceptors (Lipinski definition) is 2. The molecule has 1 aromatic rings. The van der Waals surface area contributed by atoms with Gasteiger partial charge in [-0.2, -0.15) is 35.1 Å². The van der Waals surface area contributed by atoms with E-state index in [2.05, 4.69) is 10.7 Å². The molecule has 24 heavy (non-hydrogen) atoms. The van der Waals surface area contributed by atoms with Gasteiger partial charge in [-0.25, -0.2) is 9.38 Å². The molecule has 0 spiro atoms. The average Bonchev–Trinajstić information content (AvgIpc) is 2.37. The topological polar surface area (TPSA) is 38.4 Å². The van der Waals surface area contributed by atoms with Gasteiger partial charge in [0, 0.05) is 4.90 Å². The minimum absolute atomic E-state index is 0.0295. The number of aliphatic imine (C=N–C) groups is 1. The summed E-state index contributed by atoms with van der Waals surface area (Å²) in [6.07, 6.45) is -10.6. The van der Waals surface area contributed by atoms with Crippen LogP contribution in [0.5, 0.6) is 0 Å². The molecule has 0 aromatic heterocycles. The van der Waals surface area contributed by atoms with E-state index in [1.54, 1.807) is 0 Å². The van der Waals surface area contributed by atoms with E-state index in [1.807, 2.05) is 0 Å². The molecule has 2 nitrogen and oxygen atoms in total. The average molecular weight is 384 g/mol. The van der Waals surface area contributed by atoms with Crippen LogP contribution in [0.2, 0.25) is 0 Å². The van der Waals surface area contributed by atoms with Gasteiger partial charge < -0.3 is 5.73 Å². The SMILES string of the molecule is Cc1cc(F)c(/N=C(\N)C(F)(F)C(F)(F)F)cc1SCC(F)(F)F. The Labute approximate surface area is 133 Å². The summed E-state index contributed by atoms with van der Waals surface area (Å²) in [6, 6.07) is 1.29. The highest BCUT2D eigenvalue weighted by Gasteiger charge is 2.60. The molecule has 0 atom stereocenters. The maximum absolute atomic E-state index is 13.6. The Hall–Kier alpha value is -1.59. The number of hydrogen-bond donors (Lipinski definition) is 1. The van der Waals surface area contributed by atoms with Crippen molar-refractivity contribution in [2.75, 3.05) is 5.75 Å². The van der Waals surface area contributed by atoms with Crippen molar-refractivity contribution in [3.8, 4) is 0 Å². The van der Waals surface area contributed by atoms with E-state index in [0.29, 0.717) is 12.1 Å².